The van der Waals surface area contributed by atoms with E-state index in [1.54, 1.807) is 7.11 Å². The molecule has 1 aliphatic heterocycles. The first-order valence-corrected chi connectivity index (χ1v) is 6.23. The third-order valence-corrected chi connectivity index (χ3v) is 3.26. The molecule has 0 atom stereocenters. The molecule has 1 amide bonds. The molecule has 0 unspecified atom stereocenters. The van der Waals surface area contributed by atoms with Crippen molar-refractivity contribution in [2.45, 2.75) is 25.8 Å². The summed E-state index contributed by atoms with van der Waals surface area (Å²) in [5.41, 5.74) is -0.580. The van der Waals surface area contributed by atoms with Crippen molar-refractivity contribution in [1.82, 2.24) is 15.5 Å². The zero-order chi connectivity index (χ0) is 12.9. The summed E-state index contributed by atoms with van der Waals surface area (Å²) in [5.74, 6) is 0.0183. The molecular formula is C11H21N3O2S. The topological polar surface area (TPSA) is 53.6 Å². The molecule has 1 fully saturated rings. The number of thiocarbonyl (C=S) groups is 1. The first kappa shape index (κ1) is 14.2. The van der Waals surface area contributed by atoms with E-state index in [1.165, 1.54) is 0 Å². The van der Waals surface area contributed by atoms with Crippen LogP contribution in [0, 0.1) is 0 Å². The highest BCUT2D eigenvalue weighted by Gasteiger charge is 2.38. The van der Waals surface area contributed by atoms with Crippen LogP contribution in [0.3, 0.4) is 0 Å². The number of hydrogen-bond acceptors (Lipinski definition) is 3. The molecule has 0 aliphatic carbocycles. The van der Waals surface area contributed by atoms with Crippen LogP contribution in [0.5, 0.6) is 0 Å². The number of nitrogens with zero attached hydrogens (tertiary/aromatic N) is 1. The van der Waals surface area contributed by atoms with Crippen LogP contribution < -0.4 is 10.6 Å². The highest BCUT2D eigenvalue weighted by Crippen LogP contribution is 2.17. The van der Waals surface area contributed by atoms with Crippen molar-refractivity contribution in [3.63, 3.8) is 0 Å². The number of amides is 1. The second kappa shape index (κ2) is 6.16. The zero-order valence-corrected chi connectivity index (χ0v) is 11.5. The summed E-state index contributed by atoms with van der Waals surface area (Å²) in [4.78, 5) is 13.7. The van der Waals surface area contributed by atoms with Gasteiger partial charge >= 0.3 is 0 Å². The number of methoxy groups -OCH3 is 1. The number of carbonyl (C=O) groups is 1. The van der Waals surface area contributed by atoms with Crippen molar-refractivity contribution >= 4 is 23.2 Å². The smallest absolute Gasteiger partial charge is 0.245 e. The fourth-order valence-electron chi connectivity index (χ4n) is 1.76. The molecule has 5 nitrogen and oxygen atoms in total. The molecule has 0 bridgehead atoms. The quantitative estimate of drug-likeness (QED) is 0.554. The van der Waals surface area contributed by atoms with Gasteiger partial charge in [0.1, 0.15) is 5.54 Å². The first-order chi connectivity index (χ1) is 8.00. The van der Waals surface area contributed by atoms with E-state index in [-0.39, 0.29) is 5.91 Å². The van der Waals surface area contributed by atoms with E-state index < -0.39 is 5.54 Å². The first-order valence-electron chi connectivity index (χ1n) is 5.83. The Bertz CT molecular complexity index is 294. The van der Waals surface area contributed by atoms with E-state index >= 15 is 0 Å². The van der Waals surface area contributed by atoms with Gasteiger partial charge in [0, 0.05) is 33.4 Å². The highest BCUT2D eigenvalue weighted by atomic mass is 32.1. The molecule has 0 aromatic carbocycles. The number of nitrogens with one attached hydrogen (secondary N) is 2. The molecule has 1 aliphatic rings. The van der Waals surface area contributed by atoms with Crippen molar-refractivity contribution in [3.05, 3.63) is 0 Å². The molecule has 2 N–H and O–H groups in total. The van der Waals surface area contributed by atoms with Crippen molar-refractivity contribution in [2.75, 3.05) is 33.4 Å². The predicted molar refractivity (Wildman–Crippen MR) is 70.9 cm³/mol. The average molecular weight is 259 g/mol. The number of piperazine rings is 1. The van der Waals surface area contributed by atoms with Crippen LogP contribution >= 0.6 is 12.2 Å². The number of carbonyl (C=O) groups excluding carboxylic acids is 1. The second-order valence-electron chi connectivity index (χ2n) is 4.54. The largest absolute Gasteiger partial charge is 0.385 e. The Labute approximate surface area is 108 Å². The summed E-state index contributed by atoms with van der Waals surface area (Å²) in [6.07, 6.45) is 0.900. The maximum atomic E-state index is 11.7. The SMILES string of the molecule is COCCCNC(=S)N1CCNC(=O)C1(C)C. The molecule has 0 spiro atoms. The van der Waals surface area contributed by atoms with Gasteiger partial charge in [-0.15, -0.1) is 0 Å². The summed E-state index contributed by atoms with van der Waals surface area (Å²) >= 11 is 5.32. The van der Waals surface area contributed by atoms with Gasteiger partial charge in [-0.3, -0.25) is 4.79 Å². The van der Waals surface area contributed by atoms with Gasteiger partial charge in [0.25, 0.3) is 0 Å². The van der Waals surface area contributed by atoms with Crippen molar-refractivity contribution in [1.29, 1.82) is 0 Å². The Morgan fingerprint density at radius 1 is 1.65 bits per heavy atom. The second-order valence-corrected chi connectivity index (χ2v) is 4.93. The molecule has 0 aromatic rings. The van der Waals surface area contributed by atoms with Gasteiger partial charge < -0.3 is 20.3 Å². The van der Waals surface area contributed by atoms with Crippen LogP contribution in [0.4, 0.5) is 0 Å². The van der Waals surface area contributed by atoms with E-state index in [1.807, 2.05) is 18.7 Å². The van der Waals surface area contributed by atoms with Gasteiger partial charge in [-0.25, -0.2) is 0 Å². The lowest BCUT2D eigenvalue weighted by Crippen LogP contribution is -2.65. The Hall–Kier alpha value is -0.880. The van der Waals surface area contributed by atoms with E-state index in [9.17, 15) is 4.79 Å². The van der Waals surface area contributed by atoms with E-state index in [2.05, 4.69) is 10.6 Å². The minimum Gasteiger partial charge on any atom is -0.385 e. The van der Waals surface area contributed by atoms with Crippen LogP contribution in [-0.4, -0.2) is 54.8 Å². The van der Waals surface area contributed by atoms with Gasteiger partial charge in [0.2, 0.25) is 5.91 Å². The van der Waals surface area contributed by atoms with Gasteiger partial charge in [0.15, 0.2) is 5.11 Å². The molecular weight excluding hydrogens is 238 g/mol. The molecule has 1 rings (SSSR count). The molecule has 0 saturated carbocycles. The Morgan fingerprint density at radius 3 is 3.00 bits per heavy atom. The predicted octanol–water partition coefficient (Wildman–Crippen LogP) is 0.108. The standard InChI is InChI=1S/C11H21N3O2S/c1-11(2)9(15)12-6-7-14(11)10(17)13-5-4-8-16-3/h4-8H2,1-3H3,(H,12,15)(H,13,17). The maximum Gasteiger partial charge on any atom is 0.245 e. The molecule has 1 heterocycles. The van der Waals surface area contributed by atoms with Crippen LogP contribution in [0.1, 0.15) is 20.3 Å². The minimum atomic E-state index is -0.580. The molecule has 6 heteroatoms. The van der Waals surface area contributed by atoms with E-state index in [4.69, 9.17) is 17.0 Å². The summed E-state index contributed by atoms with van der Waals surface area (Å²) in [6.45, 7) is 6.62. The normalized spacial score (nSPS) is 18.8. The lowest BCUT2D eigenvalue weighted by molar-refractivity contribution is -0.132. The fourth-order valence-corrected chi connectivity index (χ4v) is 2.18. The van der Waals surface area contributed by atoms with Crippen LogP contribution in [-0.2, 0) is 9.53 Å². The lowest BCUT2D eigenvalue weighted by atomic mass is 10.00. The average Bonchev–Trinajstić information content (AvgIpc) is 2.28. The van der Waals surface area contributed by atoms with Crippen molar-refractivity contribution < 1.29 is 9.53 Å². The third kappa shape index (κ3) is 3.54. The zero-order valence-electron chi connectivity index (χ0n) is 10.7. The summed E-state index contributed by atoms with van der Waals surface area (Å²) in [6, 6.07) is 0. The monoisotopic (exact) mass is 259 g/mol. The summed E-state index contributed by atoms with van der Waals surface area (Å²) in [7, 11) is 1.68. The van der Waals surface area contributed by atoms with E-state index in [0.29, 0.717) is 18.3 Å². The Morgan fingerprint density at radius 2 is 2.35 bits per heavy atom. The Kier molecular flexibility index (Phi) is 5.14. The van der Waals surface area contributed by atoms with Crippen molar-refractivity contribution in [3.8, 4) is 0 Å². The molecule has 17 heavy (non-hydrogen) atoms. The Balaban J connectivity index is 2.47. The van der Waals surface area contributed by atoms with Crippen LogP contribution in [0.2, 0.25) is 0 Å². The van der Waals surface area contributed by atoms with Crippen molar-refractivity contribution in [2.24, 2.45) is 0 Å². The summed E-state index contributed by atoms with van der Waals surface area (Å²) < 4.78 is 4.97. The minimum absolute atomic E-state index is 0.0183. The number of rotatable bonds is 4. The lowest BCUT2D eigenvalue weighted by Gasteiger charge is -2.42. The molecule has 0 radical (unpaired) electrons. The van der Waals surface area contributed by atoms with Crippen LogP contribution in [0.25, 0.3) is 0 Å². The maximum absolute atomic E-state index is 11.7. The van der Waals surface area contributed by atoms with Gasteiger partial charge in [-0.1, -0.05) is 0 Å². The van der Waals surface area contributed by atoms with Gasteiger partial charge in [0.05, 0.1) is 0 Å². The third-order valence-electron chi connectivity index (χ3n) is 2.90. The molecule has 98 valence electrons. The summed E-state index contributed by atoms with van der Waals surface area (Å²) in [5, 5.41) is 6.65. The number of hydrogen-bond donors (Lipinski definition) is 2. The van der Waals surface area contributed by atoms with Gasteiger partial charge in [-0.05, 0) is 32.5 Å². The number of ether oxygens (including phenoxy) is 1. The van der Waals surface area contributed by atoms with E-state index in [0.717, 1.165) is 19.5 Å². The molecule has 1 saturated heterocycles. The highest BCUT2D eigenvalue weighted by molar-refractivity contribution is 7.80. The van der Waals surface area contributed by atoms with Crippen LogP contribution in [0.15, 0.2) is 0 Å². The molecule has 0 aromatic heterocycles. The fraction of sp³-hybridized carbons (Fsp3) is 0.818. The van der Waals surface area contributed by atoms with Gasteiger partial charge in [-0.2, -0.15) is 0 Å².